The highest BCUT2D eigenvalue weighted by atomic mass is 35.5. The van der Waals surface area contributed by atoms with E-state index in [2.05, 4.69) is 10.3 Å². The number of amides is 2. The van der Waals surface area contributed by atoms with Crippen molar-refractivity contribution in [1.29, 1.82) is 0 Å². The molecule has 0 saturated heterocycles. The Morgan fingerprint density at radius 3 is 2.73 bits per heavy atom. The number of nitrogens with zero attached hydrogens (tertiary/aromatic N) is 2. The average Bonchev–Trinajstić information content (AvgIpc) is 2.71. The van der Waals surface area contributed by atoms with Crippen molar-refractivity contribution in [3.05, 3.63) is 82.2 Å². The highest BCUT2D eigenvalue weighted by Gasteiger charge is 2.17. The molecule has 1 aromatic heterocycles. The van der Waals surface area contributed by atoms with Crippen LogP contribution in [0.25, 0.3) is 11.1 Å². The van der Waals surface area contributed by atoms with Crippen molar-refractivity contribution in [2.45, 2.75) is 13.3 Å². The summed E-state index contributed by atoms with van der Waals surface area (Å²) in [7, 11) is 1.48. The number of urea groups is 1. The minimum absolute atomic E-state index is 0.0690. The quantitative estimate of drug-likeness (QED) is 0.590. The normalized spacial score (nSPS) is 11.4. The van der Waals surface area contributed by atoms with Crippen LogP contribution < -0.4 is 15.5 Å². The number of nitrogens with one attached hydrogen (secondary N) is 1. The molecule has 0 bridgehead atoms. The summed E-state index contributed by atoms with van der Waals surface area (Å²) in [5.74, 6) is -0.0379. The maximum atomic E-state index is 15.4. The Morgan fingerprint density at radius 1 is 1.27 bits per heavy atom. The van der Waals surface area contributed by atoms with E-state index in [-0.39, 0.29) is 11.9 Å². The topological polar surface area (TPSA) is 75.8 Å². The first kappa shape index (κ1) is 21.4. The molecule has 0 atom stereocenters. The molecule has 2 amide bonds. The number of carbonyl (C=O) groups excluding carboxylic acids is 1. The SMILES string of the molecule is CCNC(=O)/N=c1/ccc(Cc2ccc(OC)c(-c3cccc(Cl)c3)c2F)cn1O. The van der Waals surface area contributed by atoms with Crippen molar-refractivity contribution in [3.8, 4) is 16.9 Å². The first-order valence-electron chi connectivity index (χ1n) is 9.27. The van der Waals surface area contributed by atoms with Gasteiger partial charge in [0.15, 0.2) is 5.49 Å². The molecule has 0 aliphatic heterocycles. The van der Waals surface area contributed by atoms with E-state index in [1.54, 1.807) is 49.4 Å². The van der Waals surface area contributed by atoms with Crippen molar-refractivity contribution < 1.29 is 19.1 Å². The Balaban J connectivity index is 1.97. The molecule has 2 N–H and O–H groups in total. The maximum absolute atomic E-state index is 15.4. The molecular formula is C22H21ClFN3O3. The highest BCUT2D eigenvalue weighted by Crippen LogP contribution is 2.36. The summed E-state index contributed by atoms with van der Waals surface area (Å²) in [5, 5.41) is 13.1. The van der Waals surface area contributed by atoms with E-state index < -0.39 is 11.8 Å². The number of methoxy groups -OCH3 is 1. The van der Waals surface area contributed by atoms with Crippen molar-refractivity contribution in [2.75, 3.05) is 13.7 Å². The smallest absolute Gasteiger partial charge is 0.343 e. The molecule has 8 heteroatoms. The van der Waals surface area contributed by atoms with Crippen molar-refractivity contribution in [3.63, 3.8) is 0 Å². The molecule has 1 heterocycles. The molecule has 0 spiro atoms. The minimum Gasteiger partial charge on any atom is -0.496 e. The van der Waals surface area contributed by atoms with Gasteiger partial charge >= 0.3 is 6.03 Å². The molecule has 0 radical (unpaired) electrons. The second-order valence-corrected chi connectivity index (χ2v) is 6.93. The second kappa shape index (κ2) is 9.45. The molecule has 0 aliphatic rings. The number of ether oxygens (including phenoxy) is 1. The van der Waals surface area contributed by atoms with Crippen LogP contribution in [0.1, 0.15) is 18.1 Å². The van der Waals surface area contributed by atoms with Crippen LogP contribution in [0, 0.1) is 5.82 Å². The molecule has 0 saturated carbocycles. The number of hydrogen-bond donors (Lipinski definition) is 2. The monoisotopic (exact) mass is 429 g/mol. The molecule has 6 nitrogen and oxygen atoms in total. The summed E-state index contributed by atoms with van der Waals surface area (Å²) in [6, 6.07) is 12.8. The lowest BCUT2D eigenvalue weighted by Gasteiger charge is -2.14. The average molecular weight is 430 g/mol. The molecular weight excluding hydrogens is 409 g/mol. The van der Waals surface area contributed by atoms with Crippen LogP contribution in [0.2, 0.25) is 5.02 Å². The van der Waals surface area contributed by atoms with Crippen LogP contribution in [0.5, 0.6) is 5.75 Å². The van der Waals surface area contributed by atoms with Gasteiger partial charge < -0.3 is 15.3 Å². The molecule has 3 rings (SSSR count). The van der Waals surface area contributed by atoms with E-state index in [4.69, 9.17) is 16.3 Å². The summed E-state index contributed by atoms with van der Waals surface area (Å²) in [6.07, 6.45) is 1.60. The maximum Gasteiger partial charge on any atom is 0.343 e. The number of aromatic nitrogens is 1. The van der Waals surface area contributed by atoms with Crippen LogP contribution in [-0.4, -0.2) is 29.6 Å². The molecule has 156 valence electrons. The van der Waals surface area contributed by atoms with Crippen molar-refractivity contribution in [2.24, 2.45) is 4.99 Å². The largest absolute Gasteiger partial charge is 0.496 e. The fourth-order valence-corrected chi connectivity index (χ4v) is 3.24. The molecule has 0 unspecified atom stereocenters. The zero-order valence-corrected chi connectivity index (χ0v) is 17.3. The number of halogens is 2. The molecule has 2 aromatic carbocycles. The Kier molecular flexibility index (Phi) is 6.74. The molecule has 3 aromatic rings. The van der Waals surface area contributed by atoms with Gasteiger partial charge in [-0.1, -0.05) is 35.9 Å². The van der Waals surface area contributed by atoms with Crippen LogP contribution in [-0.2, 0) is 6.42 Å². The fourth-order valence-electron chi connectivity index (χ4n) is 3.05. The van der Waals surface area contributed by atoms with Gasteiger partial charge in [-0.05, 0) is 47.9 Å². The van der Waals surface area contributed by atoms with E-state index in [1.807, 2.05) is 0 Å². The number of benzene rings is 2. The number of carbonyl (C=O) groups is 1. The zero-order valence-electron chi connectivity index (χ0n) is 16.5. The molecule has 30 heavy (non-hydrogen) atoms. The molecule has 0 fully saturated rings. The number of hydrogen-bond acceptors (Lipinski definition) is 3. The lowest BCUT2D eigenvalue weighted by molar-refractivity contribution is 0.170. The van der Waals surface area contributed by atoms with Crippen molar-refractivity contribution in [1.82, 2.24) is 10.0 Å². The van der Waals surface area contributed by atoms with E-state index in [1.165, 1.54) is 19.4 Å². The predicted molar refractivity (Wildman–Crippen MR) is 112 cm³/mol. The summed E-state index contributed by atoms with van der Waals surface area (Å²) < 4.78 is 21.5. The Morgan fingerprint density at radius 2 is 2.07 bits per heavy atom. The van der Waals surface area contributed by atoms with Crippen LogP contribution in [0.4, 0.5) is 9.18 Å². The first-order valence-corrected chi connectivity index (χ1v) is 9.65. The minimum atomic E-state index is -0.555. The van der Waals surface area contributed by atoms with Gasteiger partial charge in [-0.2, -0.15) is 9.72 Å². The van der Waals surface area contributed by atoms with Crippen LogP contribution >= 0.6 is 11.6 Å². The number of pyridine rings is 1. The van der Waals surface area contributed by atoms with Gasteiger partial charge in [-0.3, -0.25) is 0 Å². The third-order valence-corrected chi connectivity index (χ3v) is 4.66. The van der Waals surface area contributed by atoms with Gasteiger partial charge in [0.1, 0.15) is 11.6 Å². The van der Waals surface area contributed by atoms with E-state index in [9.17, 15) is 10.0 Å². The lowest BCUT2D eigenvalue weighted by Crippen LogP contribution is -2.26. The Labute approximate surface area is 178 Å². The summed E-state index contributed by atoms with van der Waals surface area (Å²) in [5.41, 5.74) is 2.04. The predicted octanol–water partition coefficient (Wildman–Crippen LogP) is 4.41. The van der Waals surface area contributed by atoms with Gasteiger partial charge in [0.05, 0.1) is 12.7 Å². The van der Waals surface area contributed by atoms with Gasteiger partial charge in [-0.15, -0.1) is 0 Å². The summed E-state index contributed by atoms with van der Waals surface area (Å²) in [6.45, 7) is 2.20. The third-order valence-electron chi connectivity index (χ3n) is 4.42. The first-order chi connectivity index (χ1) is 14.4. The van der Waals surface area contributed by atoms with Crippen molar-refractivity contribution >= 4 is 17.6 Å². The summed E-state index contributed by atoms with van der Waals surface area (Å²) >= 11 is 6.07. The van der Waals surface area contributed by atoms with E-state index in [0.29, 0.717) is 39.6 Å². The summed E-state index contributed by atoms with van der Waals surface area (Å²) in [4.78, 5) is 15.3. The Bertz CT molecular complexity index is 1140. The molecule has 0 aliphatic carbocycles. The third kappa shape index (κ3) is 4.80. The second-order valence-electron chi connectivity index (χ2n) is 6.49. The van der Waals surface area contributed by atoms with Crippen LogP contribution in [0.15, 0.2) is 59.7 Å². The number of rotatable bonds is 5. The van der Waals surface area contributed by atoms with Gasteiger partial charge in [-0.25, -0.2) is 9.18 Å². The van der Waals surface area contributed by atoms with Gasteiger partial charge in [0.2, 0.25) is 0 Å². The highest BCUT2D eigenvalue weighted by molar-refractivity contribution is 6.30. The lowest BCUT2D eigenvalue weighted by atomic mass is 9.97. The zero-order chi connectivity index (χ0) is 21.7. The Hall–Kier alpha value is -3.32. The van der Waals surface area contributed by atoms with E-state index in [0.717, 1.165) is 4.73 Å². The fraction of sp³-hybridized carbons (Fsp3) is 0.182. The standard InChI is InChI=1S/C22H21ClFN3O3/c1-3-25-22(28)26-19-10-7-14(13-27(19)29)11-16-8-9-18(30-2)20(21(16)24)15-5-4-6-17(23)12-15/h4-10,12-13,29H,3,11H2,1-2H3,(H,25,28)/b26-19-. The van der Waals surface area contributed by atoms with Gasteiger partial charge in [0.25, 0.3) is 0 Å². The van der Waals surface area contributed by atoms with Gasteiger partial charge in [0, 0.05) is 24.2 Å². The van der Waals surface area contributed by atoms with E-state index >= 15 is 4.39 Å². The van der Waals surface area contributed by atoms with Crippen LogP contribution in [0.3, 0.4) is 0 Å².